The van der Waals surface area contributed by atoms with Crippen molar-refractivity contribution in [3.63, 3.8) is 0 Å². The summed E-state index contributed by atoms with van der Waals surface area (Å²) in [5.74, 6) is 2.39. The summed E-state index contributed by atoms with van der Waals surface area (Å²) < 4.78 is 1.77. The molecule has 136 valence electrons. The summed E-state index contributed by atoms with van der Waals surface area (Å²) >= 11 is 0. The minimum atomic E-state index is 0.299. The van der Waals surface area contributed by atoms with Gasteiger partial charge in [-0.15, -0.1) is 5.10 Å². The number of rotatable bonds is 5. The van der Waals surface area contributed by atoms with Gasteiger partial charge in [0.25, 0.3) is 5.78 Å². The van der Waals surface area contributed by atoms with Crippen LogP contribution in [0.1, 0.15) is 36.6 Å². The van der Waals surface area contributed by atoms with E-state index in [1.807, 2.05) is 12.1 Å². The molecular formula is C21H22N6. The molecule has 0 aliphatic carbocycles. The molecule has 4 rings (SSSR count). The van der Waals surface area contributed by atoms with Gasteiger partial charge >= 0.3 is 0 Å². The summed E-state index contributed by atoms with van der Waals surface area (Å²) in [6.07, 6.45) is 3.50. The van der Waals surface area contributed by atoms with Gasteiger partial charge in [0.1, 0.15) is 5.82 Å². The van der Waals surface area contributed by atoms with Crippen LogP contribution in [0, 0.1) is 6.92 Å². The Morgan fingerprint density at radius 3 is 2.67 bits per heavy atom. The van der Waals surface area contributed by atoms with E-state index >= 15 is 0 Å². The number of pyridine rings is 1. The van der Waals surface area contributed by atoms with E-state index in [2.05, 4.69) is 76.5 Å². The van der Waals surface area contributed by atoms with Crippen molar-refractivity contribution in [2.24, 2.45) is 0 Å². The van der Waals surface area contributed by atoms with Gasteiger partial charge in [-0.1, -0.05) is 38.1 Å². The molecule has 0 radical (unpaired) electrons. The van der Waals surface area contributed by atoms with Crippen molar-refractivity contribution in [3.8, 4) is 11.4 Å². The maximum Gasteiger partial charge on any atom is 0.254 e. The van der Waals surface area contributed by atoms with Crippen molar-refractivity contribution in [1.29, 1.82) is 0 Å². The zero-order chi connectivity index (χ0) is 18.8. The third kappa shape index (κ3) is 3.51. The highest BCUT2D eigenvalue weighted by molar-refractivity contribution is 5.57. The van der Waals surface area contributed by atoms with Crippen LogP contribution in [0.5, 0.6) is 0 Å². The molecule has 0 aliphatic heterocycles. The predicted molar refractivity (Wildman–Crippen MR) is 107 cm³/mol. The van der Waals surface area contributed by atoms with E-state index in [0.717, 1.165) is 17.1 Å². The summed E-state index contributed by atoms with van der Waals surface area (Å²) in [5.41, 5.74) is 4.37. The molecule has 0 saturated carbocycles. The van der Waals surface area contributed by atoms with Crippen LogP contribution in [0.15, 0.2) is 54.9 Å². The topological polar surface area (TPSA) is 68.0 Å². The van der Waals surface area contributed by atoms with Gasteiger partial charge in [0.05, 0.1) is 5.69 Å². The minimum Gasteiger partial charge on any atom is -0.366 e. The number of aromatic nitrogens is 5. The maximum atomic E-state index is 4.68. The second-order valence-electron chi connectivity index (χ2n) is 6.89. The Kier molecular flexibility index (Phi) is 4.54. The fraction of sp³-hybridized carbons (Fsp3) is 0.238. The average molecular weight is 358 g/mol. The Bertz CT molecular complexity index is 1070. The van der Waals surface area contributed by atoms with Crippen LogP contribution >= 0.6 is 0 Å². The highest BCUT2D eigenvalue weighted by Gasteiger charge is 2.14. The molecule has 0 fully saturated rings. The van der Waals surface area contributed by atoms with Gasteiger partial charge in [-0.2, -0.15) is 9.50 Å². The number of hydrogen-bond donors (Lipinski definition) is 1. The van der Waals surface area contributed by atoms with E-state index in [1.54, 1.807) is 16.9 Å². The fourth-order valence-electron chi connectivity index (χ4n) is 2.92. The molecule has 3 heterocycles. The molecule has 1 aromatic carbocycles. The summed E-state index contributed by atoms with van der Waals surface area (Å²) in [6, 6.07) is 14.2. The van der Waals surface area contributed by atoms with Gasteiger partial charge in [-0.05, 0) is 36.1 Å². The van der Waals surface area contributed by atoms with Crippen molar-refractivity contribution >= 4 is 11.6 Å². The number of benzene rings is 1. The van der Waals surface area contributed by atoms with E-state index in [-0.39, 0.29) is 0 Å². The second kappa shape index (κ2) is 7.15. The highest BCUT2D eigenvalue weighted by Crippen LogP contribution is 2.22. The molecule has 3 aromatic heterocycles. The Labute approximate surface area is 158 Å². The van der Waals surface area contributed by atoms with Crippen LogP contribution in [-0.4, -0.2) is 24.6 Å². The van der Waals surface area contributed by atoms with Gasteiger partial charge in [0.2, 0.25) is 0 Å². The monoisotopic (exact) mass is 358 g/mol. The molecule has 0 bridgehead atoms. The zero-order valence-corrected chi connectivity index (χ0v) is 15.7. The van der Waals surface area contributed by atoms with E-state index in [1.165, 1.54) is 11.1 Å². The van der Waals surface area contributed by atoms with Crippen molar-refractivity contribution in [2.45, 2.75) is 33.2 Å². The van der Waals surface area contributed by atoms with Crippen molar-refractivity contribution in [2.75, 3.05) is 5.32 Å². The van der Waals surface area contributed by atoms with Gasteiger partial charge in [0, 0.05) is 30.6 Å². The third-order valence-corrected chi connectivity index (χ3v) is 4.56. The summed E-state index contributed by atoms with van der Waals surface area (Å²) in [7, 11) is 0. The number of hydrogen-bond acceptors (Lipinski definition) is 5. The first-order valence-corrected chi connectivity index (χ1v) is 9.08. The second-order valence-corrected chi connectivity index (χ2v) is 6.89. The number of fused-ring (bicyclic) bond motifs is 1. The van der Waals surface area contributed by atoms with Crippen LogP contribution in [0.2, 0.25) is 0 Å². The predicted octanol–water partition coefficient (Wildman–Crippen LogP) is 4.23. The van der Waals surface area contributed by atoms with Crippen molar-refractivity contribution in [3.05, 3.63) is 71.7 Å². The first-order valence-electron chi connectivity index (χ1n) is 9.08. The lowest BCUT2D eigenvalue weighted by atomic mass is 10.1. The lowest BCUT2D eigenvalue weighted by Gasteiger charge is -2.12. The lowest BCUT2D eigenvalue weighted by molar-refractivity contribution is 0.806. The van der Waals surface area contributed by atoms with Gasteiger partial charge in [-0.3, -0.25) is 4.98 Å². The molecule has 0 spiro atoms. The molecule has 6 heteroatoms. The highest BCUT2D eigenvalue weighted by atomic mass is 15.4. The molecule has 27 heavy (non-hydrogen) atoms. The molecular weight excluding hydrogens is 336 g/mol. The summed E-state index contributed by atoms with van der Waals surface area (Å²) in [6.45, 7) is 7.09. The molecule has 0 saturated heterocycles. The molecule has 0 aliphatic rings. The molecule has 1 N–H and O–H groups in total. The van der Waals surface area contributed by atoms with Crippen molar-refractivity contribution < 1.29 is 0 Å². The summed E-state index contributed by atoms with van der Waals surface area (Å²) in [4.78, 5) is 13.5. The molecule has 0 amide bonds. The number of aryl methyl sites for hydroxylation is 1. The van der Waals surface area contributed by atoms with E-state index in [9.17, 15) is 0 Å². The average Bonchev–Trinajstić information content (AvgIpc) is 3.12. The van der Waals surface area contributed by atoms with Crippen LogP contribution in [0.4, 0.5) is 5.82 Å². The Hall–Kier alpha value is -3.28. The first kappa shape index (κ1) is 17.1. The molecule has 0 atom stereocenters. The number of anilines is 1. The maximum absolute atomic E-state index is 4.68. The molecule has 4 aromatic rings. The van der Waals surface area contributed by atoms with Crippen LogP contribution in [0.25, 0.3) is 17.2 Å². The minimum absolute atomic E-state index is 0.299. The zero-order valence-electron chi connectivity index (χ0n) is 15.7. The third-order valence-electron chi connectivity index (χ3n) is 4.56. The Morgan fingerprint density at radius 2 is 1.93 bits per heavy atom. The molecule has 6 nitrogen and oxygen atoms in total. The standard InChI is InChI=1S/C21H22N6/c1-14(2)18-11-19(23-13-16-8-5-4-7-15(16)3)27-21(24-18)25-20(26-27)17-9-6-10-22-12-17/h4-12,14,23H,13H2,1-3H3. The Balaban J connectivity index is 1.75. The number of nitrogens with zero attached hydrogens (tertiary/aromatic N) is 5. The van der Waals surface area contributed by atoms with Crippen LogP contribution in [-0.2, 0) is 6.54 Å². The Morgan fingerprint density at radius 1 is 1.07 bits per heavy atom. The number of nitrogens with one attached hydrogen (secondary N) is 1. The van der Waals surface area contributed by atoms with Crippen LogP contribution in [0.3, 0.4) is 0 Å². The quantitative estimate of drug-likeness (QED) is 0.578. The van der Waals surface area contributed by atoms with Crippen LogP contribution < -0.4 is 5.32 Å². The van der Waals surface area contributed by atoms with E-state index < -0.39 is 0 Å². The normalized spacial score (nSPS) is 11.3. The smallest absolute Gasteiger partial charge is 0.254 e. The van der Waals surface area contributed by atoms with E-state index in [4.69, 9.17) is 0 Å². The van der Waals surface area contributed by atoms with Crippen molar-refractivity contribution in [1.82, 2.24) is 24.6 Å². The fourth-order valence-corrected chi connectivity index (χ4v) is 2.92. The van der Waals surface area contributed by atoms with Gasteiger partial charge in [0.15, 0.2) is 5.82 Å². The van der Waals surface area contributed by atoms with Gasteiger partial charge < -0.3 is 5.32 Å². The molecule has 0 unspecified atom stereocenters. The summed E-state index contributed by atoms with van der Waals surface area (Å²) in [5, 5.41) is 8.17. The first-order chi connectivity index (χ1) is 13.1. The lowest BCUT2D eigenvalue weighted by Crippen LogP contribution is -2.09. The SMILES string of the molecule is Cc1ccccc1CNc1cc(C(C)C)nc2nc(-c3cccnc3)nn12. The van der Waals surface area contributed by atoms with E-state index in [0.29, 0.717) is 24.1 Å². The largest absolute Gasteiger partial charge is 0.366 e. The van der Waals surface area contributed by atoms with Gasteiger partial charge in [-0.25, -0.2) is 4.98 Å².